The van der Waals surface area contributed by atoms with Crippen LogP contribution in [0.3, 0.4) is 0 Å². The first-order valence-corrected chi connectivity index (χ1v) is 5.02. The summed E-state index contributed by atoms with van der Waals surface area (Å²) in [6.45, 7) is 5.46. The summed E-state index contributed by atoms with van der Waals surface area (Å²) in [5.74, 6) is -0.538. The lowest BCUT2D eigenvalue weighted by atomic mass is 10.0. The Kier molecular flexibility index (Phi) is 4.45. The molecule has 0 aliphatic carbocycles. The predicted molar refractivity (Wildman–Crippen MR) is 61.4 cm³/mol. The number of rotatable bonds is 5. The summed E-state index contributed by atoms with van der Waals surface area (Å²) in [5, 5.41) is 0. The van der Waals surface area contributed by atoms with Crippen LogP contribution in [0, 0.1) is 0 Å². The van der Waals surface area contributed by atoms with Gasteiger partial charge in [0.2, 0.25) is 0 Å². The molecule has 0 aliphatic heterocycles. The van der Waals surface area contributed by atoms with Gasteiger partial charge in [0, 0.05) is 5.92 Å². The van der Waals surface area contributed by atoms with Crippen LogP contribution >= 0.6 is 0 Å². The van der Waals surface area contributed by atoms with E-state index < -0.39 is 0 Å². The van der Waals surface area contributed by atoms with Gasteiger partial charge in [-0.2, -0.15) is 0 Å². The number of carbonyl (C=O) groups excluding carboxylic acids is 2. The lowest BCUT2D eigenvalue weighted by Gasteiger charge is -2.05. The summed E-state index contributed by atoms with van der Waals surface area (Å²) in [6, 6.07) is 6.81. The monoisotopic (exact) mass is 218 g/mol. The average molecular weight is 218 g/mol. The zero-order valence-corrected chi connectivity index (χ0v) is 9.18. The predicted octanol–water partition coefficient (Wildman–Crippen LogP) is 2.33. The minimum Gasteiger partial charge on any atom is -0.458 e. The van der Waals surface area contributed by atoms with Crippen molar-refractivity contribution >= 4 is 12.3 Å². The van der Waals surface area contributed by atoms with E-state index in [4.69, 9.17) is 4.74 Å². The number of carbonyl (C=O) groups is 2. The highest BCUT2D eigenvalue weighted by Gasteiger charge is 2.08. The largest absolute Gasteiger partial charge is 0.458 e. The first-order valence-electron chi connectivity index (χ1n) is 5.02. The molecule has 0 aliphatic rings. The smallest absolute Gasteiger partial charge is 0.338 e. The van der Waals surface area contributed by atoms with E-state index in [1.807, 2.05) is 0 Å². The minimum absolute atomic E-state index is 0.154. The maximum Gasteiger partial charge on any atom is 0.338 e. The van der Waals surface area contributed by atoms with E-state index in [0.29, 0.717) is 5.56 Å². The van der Waals surface area contributed by atoms with Crippen LogP contribution in [-0.4, -0.2) is 18.9 Å². The van der Waals surface area contributed by atoms with Crippen molar-refractivity contribution in [3.8, 4) is 0 Å². The quantitative estimate of drug-likeness (QED) is 0.433. The summed E-state index contributed by atoms with van der Waals surface area (Å²) in [4.78, 5) is 22.0. The highest BCUT2D eigenvalue weighted by Crippen LogP contribution is 2.14. The first-order chi connectivity index (χ1) is 7.69. The highest BCUT2D eigenvalue weighted by atomic mass is 16.5. The molecule has 0 bridgehead atoms. The van der Waals surface area contributed by atoms with E-state index in [2.05, 4.69) is 6.58 Å². The van der Waals surface area contributed by atoms with Crippen molar-refractivity contribution in [3.63, 3.8) is 0 Å². The van der Waals surface area contributed by atoms with Gasteiger partial charge in [0.15, 0.2) is 0 Å². The molecule has 1 unspecified atom stereocenters. The van der Waals surface area contributed by atoms with Crippen molar-refractivity contribution in [3.05, 3.63) is 48.0 Å². The van der Waals surface area contributed by atoms with E-state index >= 15 is 0 Å². The second-order valence-electron chi connectivity index (χ2n) is 3.43. The second-order valence-corrected chi connectivity index (χ2v) is 3.43. The first kappa shape index (κ1) is 12.2. The van der Waals surface area contributed by atoms with E-state index in [1.54, 1.807) is 31.2 Å². The number of benzene rings is 1. The zero-order valence-electron chi connectivity index (χ0n) is 9.18. The molecule has 1 rings (SSSR count). The van der Waals surface area contributed by atoms with Gasteiger partial charge in [-0.25, -0.2) is 4.79 Å². The van der Waals surface area contributed by atoms with Crippen LogP contribution in [-0.2, 0) is 9.53 Å². The van der Waals surface area contributed by atoms with Gasteiger partial charge in [-0.15, -0.1) is 0 Å². The molecule has 1 atom stereocenters. The van der Waals surface area contributed by atoms with E-state index in [9.17, 15) is 9.59 Å². The summed E-state index contributed by atoms with van der Waals surface area (Å²) in [5.41, 5.74) is 1.36. The van der Waals surface area contributed by atoms with Crippen molar-refractivity contribution < 1.29 is 14.3 Å². The standard InChI is InChI=1S/C13H14O3/c1-3-8-16-13(15)12-6-4-11(5-7-12)10(2)9-14/h3-7,9-10H,1,8H2,2H3. The lowest BCUT2D eigenvalue weighted by molar-refractivity contribution is -0.108. The fourth-order valence-electron chi connectivity index (χ4n) is 1.22. The highest BCUT2D eigenvalue weighted by molar-refractivity contribution is 5.89. The van der Waals surface area contributed by atoms with Gasteiger partial charge in [0.1, 0.15) is 12.9 Å². The van der Waals surface area contributed by atoms with E-state index in [1.165, 1.54) is 6.08 Å². The molecule has 0 N–H and O–H groups in total. The van der Waals surface area contributed by atoms with E-state index in [-0.39, 0.29) is 18.5 Å². The molecule has 0 saturated carbocycles. The molecule has 0 saturated heterocycles. The molecule has 0 spiro atoms. The molecule has 84 valence electrons. The average Bonchev–Trinajstić information content (AvgIpc) is 2.35. The summed E-state index contributed by atoms with van der Waals surface area (Å²) in [6.07, 6.45) is 2.38. The summed E-state index contributed by atoms with van der Waals surface area (Å²) >= 11 is 0. The molecule has 0 aromatic heterocycles. The minimum atomic E-state index is -0.384. The Balaban J connectivity index is 2.74. The second kappa shape index (κ2) is 5.85. The Morgan fingerprint density at radius 3 is 2.56 bits per heavy atom. The van der Waals surface area contributed by atoms with E-state index in [0.717, 1.165) is 11.8 Å². The Labute approximate surface area is 94.7 Å². The normalized spacial score (nSPS) is 11.6. The molecule has 0 amide bonds. The Bertz CT molecular complexity index is 379. The number of hydrogen-bond donors (Lipinski definition) is 0. The molecule has 3 nitrogen and oxygen atoms in total. The molecular weight excluding hydrogens is 204 g/mol. The number of esters is 1. The number of hydrogen-bond acceptors (Lipinski definition) is 3. The van der Waals surface area contributed by atoms with Crippen LogP contribution in [0.25, 0.3) is 0 Å². The van der Waals surface area contributed by atoms with Crippen molar-refractivity contribution in [1.29, 1.82) is 0 Å². The Hall–Kier alpha value is -1.90. The van der Waals surface area contributed by atoms with Gasteiger partial charge < -0.3 is 9.53 Å². The van der Waals surface area contributed by atoms with Gasteiger partial charge in [-0.3, -0.25) is 0 Å². The Morgan fingerprint density at radius 1 is 1.44 bits per heavy atom. The molecule has 0 heterocycles. The Morgan fingerprint density at radius 2 is 2.06 bits per heavy atom. The van der Waals surface area contributed by atoms with Crippen molar-refractivity contribution in [2.75, 3.05) is 6.61 Å². The maximum absolute atomic E-state index is 11.4. The van der Waals surface area contributed by atoms with Gasteiger partial charge in [-0.05, 0) is 17.7 Å². The van der Waals surface area contributed by atoms with Gasteiger partial charge >= 0.3 is 5.97 Å². The molecule has 3 heteroatoms. The zero-order chi connectivity index (χ0) is 12.0. The van der Waals surface area contributed by atoms with Gasteiger partial charge in [-0.1, -0.05) is 31.7 Å². The molecule has 16 heavy (non-hydrogen) atoms. The van der Waals surface area contributed by atoms with Crippen molar-refractivity contribution in [1.82, 2.24) is 0 Å². The van der Waals surface area contributed by atoms with Gasteiger partial charge in [0.05, 0.1) is 5.56 Å². The number of aldehydes is 1. The fourth-order valence-corrected chi connectivity index (χ4v) is 1.22. The van der Waals surface area contributed by atoms with Crippen LogP contribution in [0.4, 0.5) is 0 Å². The third-order valence-corrected chi connectivity index (χ3v) is 2.21. The molecule has 0 fully saturated rings. The summed E-state index contributed by atoms with van der Waals surface area (Å²) in [7, 11) is 0. The van der Waals surface area contributed by atoms with Crippen LogP contribution < -0.4 is 0 Å². The summed E-state index contributed by atoms with van der Waals surface area (Å²) < 4.78 is 4.88. The topological polar surface area (TPSA) is 43.4 Å². The van der Waals surface area contributed by atoms with Crippen molar-refractivity contribution in [2.45, 2.75) is 12.8 Å². The van der Waals surface area contributed by atoms with Crippen LogP contribution in [0.1, 0.15) is 28.8 Å². The van der Waals surface area contributed by atoms with Crippen LogP contribution in [0.2, 0.25) is 0 Å². The molecular formula is C13H14O3. The third-order valence-electron chi connectivity index (χ3n) is 2.21. The van der Waals surface area contributed by atoms with Crippen LogP contribution in [0.5, 0.6) is 0 Å². The van der Waals surface area contributed by atoms with Crippen LogP contribution in [0.15, 0.2) is 36.9 Å². The molecule has 0 radical (unpaired) electrons. The lowest BCUT2D eigenvalue weighted by Crippen LogP contribution is -2.05. The SMILES string of the molecule is C=CCOC(=O)c1ccc(C(C)C=O)cc1. The maximum atomic E-state index is 11.4. The molecule has 1 aromatic rings. The van der Waals surface area contributed by atoms with Crippen molar-refractivity contribution in [2.24, 2.45) is 0 Å². The fraction of sp³-hybridized carbons (Fsp3) is 0.231. The third kappa shape index (κ3) is 3.05. The number of ether oxygens (including phenoxy) is 1. The molecule has 1 aromatic carbocycles. The van der Waals surface area contributed by atoms with Gasteiger partial charge in [0.25, 0.3) is 0 Å².